The Morgan fingerprint density at radius 1 is 1.10 bits per heavy atom. The number of halogens is 2. The van der Waals surface area contributed by atoms with Crippen LogP contribution in [0.4, 0.5) is 30.6 Å². The van der Waals surface area contributed by atoms with E-state index in [0.717, 1.165) is 12.1 Å². The summed E-state index contributed by atoms with van der Waals surface area (Å²) in [6.45, 7) is 0. The lowest BCUT2D eigenvalue weighted by Crippen LogP contribution is -2.20. The summed E-state index contributed by atoms with van der Waals surface area (Å²) in [7, 11) is 1.48. The first-order valence-electron chi connectivity index (χ1n) is 5.96. The van der Waals surface area contributed by atoms with Gasteiger partial charge in [-0.3, -0.25) is 0 Å². The number of benzene rings is 2. The van der Waals surface area contributed by atoms with E-state index in [4.69, 9.17) is 10.5 Å². The highest BCUT2D eigenvalue weighted by molar-refractivity contribution is 6.01. The molecule has 110 valence electrons. The fraction of sp³-hybridized carbons (Fsp3) is 0.0714. The maximum atomic E-state index is 13.4. The molecule has 2 aromatic rings. The van der Waals surface area contributed by atoms with Gasteiger partial charge in [-0.25, -0.2) is 13.6 Å². The first-order valence-corrected chi connectivity index (χ1v) is 5.96. The second-order valence-electron chi connectivity index (χ2n) is 4.16. The molecule has 0 spiro atoms. The van der Waals surface area contributed by atoms with Crippen molar-refractivity contribution in [3.05, 3.63) is 48.0 Å². The summed E-state index contributed by atoms with van der Waals surface area (Å²) in [5.74, 6) is -1.09. The number of rotatable bonds is 3. The van der Waals surface area contributed by atoms with Crippen LogP contribution in [0.15, 0.2) is 36.4 Å². The van der Waals surface area contributed by atoms with Crippen LogP contribution < -0.4 is 21.1 Å². The van der Waals surface area contributed by atoms with Crippen LogP contribution in [0, 0.1) is 11.6 Å². The predicted octanol–water partition coefficient (Wildman–Crippen LogP) is 3.20. The Morgan fingerprint density at radius 2 is 1.81 bits per heavy atom. The summed E-state index contributed by atoms with van der Waals surface area (Å²) in [6, 6.07) is 6.86. The normalized spacial score (nSPS) is 10.0. The topological polar surface area (TPSA) is 76.4 Å². The number of hydrogen-bond donors (Lipinski definition) is 3. The number of carbonyl (C=O) groups excluding carboxylic acids is 1. The average molecular weight is 293 g/mol. The molecule has 0 saturated carbocycles. The van der Waals surface area contributed by atoms with Crippen LogP contribution in [-0.2, 0) is 0 Å². The molecule has 2 amide bonds. The molecular weight excluding hydrogens is 280 g/mol. The predicted molar refractivity (Wildman–Crippen MR) is 76.4 cm³/mol. The van der Waals surface area contributed by atoms with Crippen LogP contribution in [0.1, 0.15) is 0 Å². The van der Waals surface area contributed by atoms with Crippen LogP contribution in [-0.4, -0.2) is 13.1 Å². The van der Waals surface area contributed by atoms with Crippen LogP contribution >= 0.6 is 0 Å². The molecule has 0 fully saturated rings. The SMILES string of the molecule is COc1ccc(N)c(NC(=O)Nc2ccc(F)cc2F)c1. The Hall–Kier alpha value is -2.83. The monoisotopic (exact) mass is 293 g/mol. The molecule has 0 atom stereocenters. The summed E-state index contributed by atoms with van der Waals surface area (Å²) in [5, 5.41) is 4.72. The molecule has 0 heterocycles. The third-order valence-electron chi connectivity index (χ3n) is 2.69. The van der Waals surface area contributed by atoms with Crippen LogP contribution in [0.2, 0.25) is 0 Å². The van der Waals surface area contributed by atoms with Gasteiger partial charge in [0.05, 0.1) is 24.2 Å². The van der Waals surface area contributed by atoms with Gasteiger partial charge in [0.2, 0.25) is 0 Å². The second kappa shape index (κ2) is 6.08. The first kappa shape index (κ1) is 14.6. The van der Waals surface area contributed by atoms with Gasteiger partial charge in [0.25, 0.3) is 0 Å². The summed E-state index contributed by atoms with van der Waals surface area (Å²) in [5.41, 5.74) is 6.21. The van der Waals surface area contributed by atoms with E-state index in [1.807, 2.05) is 0 Å². The van der Waals surface area contributed by atoms with Gasteiger partial charge < -0.3 is 21.1 Å². The second-order valence-corrected chi connectivity index (χ2v) is 4.16. The third-order valence-corrected chi connectivity index (χ3v) is 2.69. The Kier molecular flexibility index (Phi) is 4.22. The van der Waals surface area contributed by atoms with Crippen LogP contribution in [0.3, 0.4) is 0 Å². The molecule has 0 aliphatic carbocycles. The standard InChI is InChI=1S/C14H13F2N3O2/c1-21-9-3-4-11(17)13(7-9)19-14(20)18-12-5-2-8(15)6-10(12)16/h2-7H,17H2,1H3,(H2,18,19,20). The lowest BCUT2D eigenvalue weighted by Gasteiger charge is -2.11. The largest absolute Gasteiger partial charge is 0.497 e. The highest BCUT2D eigenvalue weighted by Gasteiger charge is 2.10. The Morgan fingerprint density at radius 3 is 2.48 bits per heavy atom. The van der Waals surface area contributed by atoms with Gasteiger partial charge in [0.1, 0.15) is 17.4 Å². The van der Waals surface area contributed by atoms with Crippen molar-refractivity contribution in [3.63, 3.8) is 0 Å². The molecule has 7 heteroatoms. The summed E-state index contributed by atoms with van der Waals surface area (Å²) >= 11 is 0. The number of nitrogens with one attached hydrogen (secondary N) is 2. The van der Waals surface area contributed by atoms with E-state index >= 15 is 0 Å². The minimum Gasteiger partial charge on any atom is -0.497 e. The van der Waals surface area contributed by atoms with Crippen molar-refractivity contribution < 1.29 is 18.3 Å². The molecular formula is C14H13F2N3O2. The smallest absolute Gasteiger partial charge is 0.323 e. The third kappa shape index (κ3) is 3.59. The molecule has 2 aromatic carbocycles. The van der Waals surface area contributed by atoms with Crippen molar-refractivity contribution >= 4 is 23.1 Å². The zero-order chi connectivity index (χ0) is 15.4. The number of anilines is 3. The van der Waals surface area contributed by atoms with E-state index < -0.39 is 17.7 Å². The minimum absolute atomic E-state index is 0.143. The number of nitrogen functional groups attached to an aromatic ring is 1. The fourth-order valence-electron chi connectivity index (χ4n) is 1.64. The molecule has 0 bridgehead atoms. The molecule has 0 unspecified atom stereocenters. The van der Waals surface area contributed by atoms with E-state index in [9.17, 15) is 13.6 Å². The first-order chi connectivity index (χ1) is 9.99. The molecule has 0 saturated heterocycles. The van der Waals surface area contributed by atoms with Crippen molar-refractivity contribution in [2.24, 2.45) is 0 Å². The molecule has 2 rings (SSSR count). The number of urea groups is 1. The Labute approximate surface area is 119 Å². The van der Waals surface area contributed by atoms with E-state index in [-0.39, 0.29) is 5.69 Å². The average Bonchev–Trinajstić information content (AvgIpc) is 2.44. The molecule has 4 N–H and O–H groups in total. The van der Waals surface area contributed by atoms with Crippen molar-refractivity contribution in [3.8, 4) is 5.75 Å². The highest BCUT2D eigenvalue weighted by atomic mass is 19.1. The summed E-state index contributed by atoms with van der Waals surface area (Å²) in [4.78, 5) is 11.8. The summed E-state index contributed by atoms with van der Waals surface area (Å²) in [6.07, 6.45) is 0. The molecule has 0 aliphatic heterocycles. The van der Waals surface area contributed by atoms with E-state index in [0.29, 0.717) is 23.2 Å². The molecule has 5 nitrogen and oxygen atoms in total. The van der Waals surface area contributed by atoms with Gasteiger partial charge >= 0.3 is 6.03 Å². The fourth-order valence-corrected chi connectivity index (χ4v) is 1.64. The van der Waals surface area contributed by atoms with Gasteiger partial charge in [0, 0.05) is 12.1 Å². The number of ether oxygens (including phenoxy) is 1. The number of methoxy groups -OCH3 is 1. The Bertz CT molecular complexity index is 677. The van der Waals surface area contributed by atoms with Gasteiger partial charge in [-0.15, -0.1) is 0 Å². The molecule has 21 heavy (non-hydrogen) atoms. The zero-order valence-electron chi connectivity index (χ0n) is 11.1. The van der Waals surface area contributed by atoms with Gasteiger partial charge in [0.15, 0.2) is 0 Å². The van der Waals surface area contributed by atoms with Crippen LogP contribution in [0.25, 0.3) is 0 Å². The summed E-state index contributed by atoms with van der Waals surface area (Å²) < 4.78 is 31.2. The maximum absolute atomic E-state index is 13.4. The number of hydrogen-bond acceptors (Lipinski definition) is 3. The molecule has 0 aliphatic rings. The van der Waals surface area contributed by atoms with Crippen LogP contribution in [0.5, 0.6) is 5.75 Å². The number of nitrogens with two attached hydrogens (primary N) is 1. The number of carbonyl (C=O) groups is 1. The minimum atomic E-state index is -0.872. The molecule has 0 aromatic heterocycles. The van der Waals surface area contributed by atoms with E-state index in [1.54, 1.807) is 12.1 Å². The van der Waals surface area contributed by atoms with Crippen molar-refractivity contribution in [1.82, 2.24) is 0 Å². The van der Waals surface area contributed by atoms with Crippen molar-refractivity contribution in [2.75, 3.05) is 23.5 Å². The van der Waals surface area contributed by atoms with E-state index in [2.05, 4.69) is 10.6 Å². The quantitative estimate of drug-likeness (QED) is 0.761. The highest BCUT2D eigenvalue weighted by Crippen LogP contribution is 2.24. The lowest BCUT2D eigenvalue weighted by atomic mass is 10.2. The van der Waals surface area contributed by atoms with Crippen molar-refractivity contribution in [1.29, 1.82) is 0 Å². The van der Waals surface area contributed by atoms with Gasteiger partial charge in [-0.1, -0.05) is 0 Å². The van der Waals surface area contributed by atoms with Gasteiger partial charge in [-0.2, -0.15) is 0 Å². The Balaban J connectivity index is 2.11. The molecule has 0 radical (unpaired) electrons. The lowest BCUT2D eigenvalue weighted by molar-refractivity contribution is 0.262. The van der Waals surface area contributed by atoms with Crippen molar-refractivity contribution in [2.45, 2.75) is 0 Å². The maximum Gasteiger partial charge on any atom is 0.323 e. The number of amides is 2. The van der Waals surface area contributed by atoms with E-state index in [1.165, 1.54) is 13.2 Å². The zero-order valence-corrected chi connectivity index (χ0v) is 11.1. The van der Waals surface area contributed by atoms with Gasteiger partial charge in [-0.05, 0) is 24.3 Å².